The number of fused-ring (bicyclic) bond motifs is 2. The molecule has 2 aromatic carbocycles. The van der Waals surface area contributed by atoms with Crippen molar-refractivity contribution < 1.29 is 23.1 Å². The van der Waals surface area contributed by atoms with Crippen LogP contribution in [0.25, 0.3) is 11.0 Å². The van der Waals surface area contributed by atoms with Gasteiger partial charge in [0.15, 0.2) is 16.9 Å². The second-order valence-corrected chi connectivity index (χ2v) is 8.44. The van der Waals surface area contributed by atoms with E-state index in [-0.39, 0.29) is 23.3 Å². The summed E-state index contributed by atoms with van der Waals surface area (Å²) in [4.78, 5) is 28.8. The van der Waals surface area contributed by atoms with Crippen LogP contribution in [0.1, 0.15) is 46.0 Å². The van der Waals surface area contributed by atoms with Crippen LogP contribution in [0.5, 0.6) is 11.5 Å². The zero-order valence-corrected chi connectivity index (χ0v) is 19.6. The number of carbonyl (C=O) groups is 1. The van der Waals surface area contributed by atoms with Crippen LogP contribution in [-0.4, -0.2) is 24.5 Å². The van der Waals surface area contributed by atoms with Crippen LogP contribution in [0, 0.1) is 6.92 Å². The maximum atomic E-state index is 13.7. The number of aryl methyl sites for hydroxylation is 1. The fourth-order valence-corrected chi connectivity index (χ4v) is 4.51. The molecule has 4 aromatic rings. The van der Waals surface area contributed by atoms with Crippen molar-refractivity contribution in [1.82, 2.24) is 4.90 Å². The van der Waals surface area contributed by atoms with Gasteiger partial charge in [0.2, 0.25) is 5.76 Å². The van der Waals surface area contributed by atoms with E-state index in [1.807, 2.05) is 19.9 Å². The lowest BCUT2D eigenvalue weighted by molar-refractivity contribution is 0.0701. The Hall–Kier alpha value is -3.71. The van der Waals surface area contributed by atoms with Crippen molar-refractivity contribution in [2.45, 2.75) is 26.4 Å². The summed E-state index contributed by atoms with van der Waals surface area (Å²) in [6.07, 6.45) is 1.54. The summed E-state index contributed by atoms with van der Waals surface area (Å²) in [5.41, 5.74) is 1.72. The molecule has 2 aromatic heterocycles. The van der Waals surface area contributed by atoms with Crippen molar-refractivity contribution in [3.8, 4) is 11.5 Å². The number of nitrogens with zero attached hydrogens (tertiary/aromatic N) is 1. The highest BCUT2D eigenvalue weighted by atomic mass is 35.5. The van der Waals surface area contributed by atoms with Gasteiger partial charge in [-0.1, -0.05) is 17.7 Å². The first kappa shape index (κ1) is 22.1. The Kier molecular flexibility index (Phi) is 5.57. The van der Waals surface area contributed by atoms with Crippen molar-refractivity contribution in [3.63, 3.8) is 0 Å². The van der Waals surface area contributed by atoms with Crippen LogP contribution in [0.2, 0.25) is 5.02 Å². The van der Waals surface area contributed by atoms with E-state index in [0.717, 1.165) is 5.56 Å². The third kappa shape index (κ3) is 3.53. The van der Waals surface area contributed by atoms with Crippen molar-refractivity contribution in [3.05, 3.63) is 92.2 Å². The van der Waals surface area contributed by atoms with E-state index in [1.165, 1.54) is 0 Å². The summed E-state index contributed by atoms with van der Waals surface area (Å²) in [5, 5.41) is 0.778. The number of hydrogen-bond acceptors (Lipinski definition) is 6. The van der Waals surface area contributed by atoms with Crippen LogP contribution in [0.4, 0.5) is 0 Å². The average Bonchev–Trinajstić information content (AvgIpc) is 3.43. The number of benzene rings is 2. The van der Waals surface area contributed by atoms with E-state index >= 15 is 0 Å². The third-order valence-electron chi connectivity index (χ3n) is 5.96. The average molecular weight is 480 g/mol. The Morgan fingerprint density at radius 2 is 1.94 bits per heavy atom. The smallest absolute Gasteiger partial charge is 0.291 e. The molecule has 1 unspecified atom stereocenters. The molecule has 8 heteroatoms. The van der Waals surface area contributed by atoms with E-state index in [0.29, 0.717) is 45.4 Å². The fraction of sp³-hybridized carbons (Fsp3) is 0.231. The topological polar surface area (TPSA) is 82.1 Å². The molecule has 7 nitrogen and oxygen atoms in total. The molecule has 1 aliphatic heterocycles. The number of halogens is 1. The lowest BCUT2D eigenvalue weighted by Crippen LogP contribution is -2.29. The molecular weight excluding hydrogens is 458 g/mol. The molecule has 0 radical (unpaired) electrons. The summed E-state index contributed by atoms with van der Waals surface area (Å²) in [5.74, 6) is 1.28. The molecule has 34 heavy (non-hydrogen) atoms. The summed E-state index contributed by atoms with van der Waals surface area (Å²) in [7, 11) is 1.54. The molecule has 0 N–H and O–H groups in total. The Balaban J connectivity index is 1.74. The van der Waals surface area contributed by atoms with Crippen LogP contribution in [0.3, 0.4) is 0 Å². The Morgan fingerprint density at radius 3 is 2.65 bits per heavy atom. The molecule has 1 amide bonds. The minimum absolute atomic E-state index is 0.0173. The van der Waals surface area contributed by atoms with Gasteiger partial charge >= 0.3 is 0 Å². The van der Waals surface area contributed by atoms with E-state index in [4.69, 9.17) is 29.9 Å². The summed E-state index contributed by atoms with van der Waals surface area (Å²) in [6.45, 7) is 4.33. The van der Waals surface area contributed by atoms with Gasteiger partial charge in [0.25, 0.3) is 5.91 Å². The van der Waals surface area contributed by atoms with Gasteiger partial charge in [-0.2, -0.15) is 0 Å². The zero-order chi connectivity index (χ0) is 24.0. The fourth-order valence-electron chi connectivity index (χ4n) is 4.35. The normalized spacial score (nSPS) is 15.1. The van der Waals surface area contributed by atoms with Gasteiger partial charge in [-0.15, -0.1) is 0 Å². The summed E-state index contributed by atoms with van der Waals surface area (Å²) in [6, 6.07) is 11.5. The van der Waals surface area contributed by atoms with E-state index in [9.17, 15) is 9.59 Å². The Morgan fingerprint density at radius 1 is 1.12 bits per heavy atom. The molecule has 0 aliphatic carbocycles. The Bertz CT molecular complexity index is 1460. The predicted molar refractivity (Wildman–Crippen MR) is 127 cm³/mol. The molecule has 0 fully saturated rings. The van der Waals surface area contributed by atoms with Crippen LogP contribution in [-0.2, 0) is 6.54 Å². The molecule has 3 heterocycles. The van der Waals surface area contributed by atoms with Gasteiger partial charge in [-0.25, -0.2) is 0 Å². The van der Waals surface area contributed by atoms with E-state index in [2.05, 4.69) is 0 Å². The highest BCUT2D eigenvalue weighted by Gasteiger charge is 2.43. The zero-order valence-electron chi connectivity index (χ0n) is 18.9. The molecule has 1 aliphatic rings. The highest BCUT2D eigenvalue weighted by molar-refractivity contribution is 6.32. The first-order chi connectivity index (χ1) is 16.4. The molecule has 0 spiro atoms. The SMILES string of the molecule is CCOc1ccc(C2c3c(oc4cc(C)c(Cl)cc4c3=O)C(=O)N2Cc2ccco2)cc1OC. The van der Waals surface area contributed by atoms with Crippen molar-refractivity contribution in [2.24, 2.45) is 0 Å². The van der Waals surface area contributed by atoms with Crippen molar-refractivity contribution in [1.29, 1.82) is 0 Å². The number of amides is 1. The molecule has 174 valence electrons. The largest absolute Gasteiger partial charge is 0.493 e. The molecular formula is C26H22ClNO6. The molecule has 0 saturated carbocycles. The number of hydrogen-bond donors (Lipinski definition) is 0. The lowest BCUT2D eigenvalue weighted by atomic mass is 9.97. The van der Waals surface area contributed by atoms with Gasteiger partial charge < -0.3 is 23.2 Å². The van der Waals surface area contributed by atoms with Gasteiger partial charge in [-0.3, -0.25) is 9.59 Å². The van der Waals surface area contributed by atoms with Crippen LogP contribution >= 0.6 is 11.6 Å². The minimum Gasteiger partial charge on any atom is -0.493 e. The van der Waals surface area contributed by atoms with Crippen LogP contribution in [0.15, 0.2) is 62.4 Å². The Labute approximate surface area is 200 Å². The van der Waals surface area contributed by atoms with Crippen molar-refractivity contribution in [2.75, 3.05) is 13.7 Å². The quantitative estimate of drug-likeness (QED) is 0.363. The molecule has 0 saturated heterocycles. The van der Waals surface area contributed by atoms with Gasteiger partial charge in [-0.05, 0) is 61.4 Å². The van der Waals surface area contributed by atoms with E-state index < -0.39 is 11.9 Å². The summed E-state index contributed by atoms with van der Waals surface area (Å²) >= 11 is 6.30. The molecule has 1 atom stereocenters. The van der Waals surface area contributed by atoms with Gasteiger partial charge in [0.1, 0.15) is 11.3 Å². The number of ether oxygens (including phenoxy) is 2. The number of furan rings is 1. The lowest BCUT2D eigenvalue weighted by Gasteiger charge is -2.25. The predicted octanol–water partition coefficient (Wildman–Crippen LogP) is 5.50. The van der Waals surface area contributed by atoms with Gasteiger partial charge in [0, 0.05) is 5.02 Å². The van der Waals surface area contributed by atoms with Gasteiger partial charge in [0.05, 0.1) is 43.5 Å². The number of methoxy groups -OCH3 is 1. The maximum absolute atomic E-state index is 13.7. The number of carbonyl (C=O) groups excluding carboxylic acids is 1. The second-order valence-electron chi connectivity index (χ2n) is 8.03. The van der Waals surface area contributed by atoms with Crippen LogP contribution < -0.4 is 14.9 Å². The molecule has 0 bridgehead atoms. The number of rotatable bonds is 6. The highest BCUT2D eigenvalue weighted by Crippen LogP contribution is 2.42. The first-order valence-electron chi connectivity index (χ1n) is 10.8. The van der Waals surface area contributed by atoms with Crippen molar-refractivity contribution >= 4 is 28.5 Å². The minimum atomic E-state index is -0.710. The first-order valence-corrected chi connectivity index (χ1v) is 11.2. The third-order valence-corrected chi connectivity index (χ3v) is 6.36. The standard InChI is InChI=1S/C26H22ClNO6/c1-4-32-19-8-7-15(11-21(19)31-3)23-22-24(29)17-12-18(27)14(2)10-20(17)34-25(22)26(30)28(23)13-16-6-5-9-33-16/h5-12,23H,4,13H2,1-3H3. The van der Waals surface area contributed by atoms with E-state index in [1.54, 1.807) is 54.7 Å². The monoisotopic (exact) mass is 479 g/mol. The summed E-state index contributed by atoms with van der Waals surface area (Å²) < 4.78 is 22.7. The second kappa shape index (κ2) is 8.57. The molecule has 5 rings (SSSR count). The maximum Gasteiger partial charge on any atom is 0.291 e.